The van der Waals surface area contributed by atoms with E-state index in [1.807, 2.05) is 62.4 Å². The van der Waals surface area contributed by atoms with Crippen molar-refractivity contribution in [2.24, 2.45) is 5.10 Å². The number of methoxy groups -OCH3 is 1. The quantitative estimate of drug-likeness (QED) is 0.506. The summed E-state index contributed by atoms with van der Waals surface area (Å²) in [6.07, 6.45) is 0.635. The first-order valence-corrected chi connectivity index (χ1v) is 9.33. The van der Waals surface area contributed by atoms with Crippen molar-refractivity contribution in [2.45, 2.75) is 32.4 Å². The molecule has 0 saturated carbocycles. The fourth-order valence-corrected chi connectivity index (χ4v) is 3.02. The number of nitrogens with zero attached hydrogens (tertiary/aromatic N) is 1. The van der Waals surface area contributed by atoms with Gasteiger partial charge in [-0.25, -0.2) is 16.3 Å². The molecular formula is C21H26N4O3. The molecule has 2 unspecified atom stereocenters. The van der Waals surface area contributed by atoms with Gasteiger partial charge in [0.05, 0.1) is 19.4 Å². The molecule has 7 heteroatoms. The Morgan fingerprint density at radius 3 is 2.43 bits per heavy atom. The van der Waals surface area contributed by atoms with Gasteiger partial charge in [0.1, 0.15) is 17.5 Å². The third kappa shape index (κ3) is 4.88. The van der Waals surface area contributed by atoms with Gasteiger partial charge < -0.3 is 9.47 Å². The highest BCUT2D eigenvalue weighted by molar-refractivity contribution is 5.99. The summed E-state index contributed by atoms with van der Waals surface area (Å²) in [5.41, 5.74) is 11.6. The maximum Gasteiger partial charge on any atom is 0.258 e. The molecule has 3 N–H and O–H groups in total. The van der Waals surface area contributed by atoms with E-state index in [-0.39, 0.29) is 18.0 Å². The summed E-state index contributed by atoms with van der Waals surface area (Å²) in [4.78, 5) is 12.4. The van der Waals surface area contributed by atoms with Crippen molar-refractivity contribution < 1.29 is 14.3 Å². The summed E-state index contributed by atoms with van der Waals surface area (Å²) in [7, 11) is 1.64. The van der Waals surface area contributed by atoms with Crippen LogP contribution in [0.15, 0.2) is 53.6 Å². The zero-order valence-electron chi connectivity index (χ0n) is 16.4. The van der Waals surface area contributed by atoms with Crippen molar-refractivity contribution in [3.8, 4) is 11.5 Å². The van der Waals surface area contributed by atoms with E-state index in [1.165, 1.54) is 0 Å². The molecule has 3 rings (SSSR count). The maximum absolute atomic E-state index is 12.4. The average molecular weight is 382 g/mol. The smallest absolute Gasteiger partial charge is 0.258 e. The van der Waals surface area contributed by atoms with Crippen molar-refractivity contribution >= 4 is 11.6 Å². The minimum atomic E-state index is -0.357. The van der Waals surface area contributed by atoms with E-state index in [2.05, 4.69) is 21.4 Å². The normalized spacial score (nSPS) is 19.3. The number of hydrazine groups is 1. The number of amides is 1. The molecule has 0 bridgehead atoms. The maximum atomic E-state index is 12.4. The highest BCUT2D eigenvalue weighted by Crippen LogP contribution is 2.24. The van der Waals surface area contributed by atoms with Crippen LogP contribution in [-0.2, 0) is 4.79 Å². The van der Waals surface area contributed by atoms with E-state index in [1.54, 1.807) is 7.11 Å². The molecule has 1 heterocycles. The standard InChI is InChI=1S/C21H26N4O3/c1-4-28-18-11-5-15(6-12-18)14(2)22-25-21(26)20-13-19(23-24-20)16-7-9-17(27-3)10-8-16/h5-12,19-20,23-24H,4,13H2,1-3H3,(H,25,26)/b22-14+. The van der Waals surface area contributed by atoms with Crippen LogP contribution in [-0.4, -0.2) is 31.4 Å². The molecule has 0 aliphatic carbocycles. The van der Waals surface area contributed by atoms with Crippen LogP contribution in [0.1, 0.15) is 37.4 Å². The Morgan fingerprint density at radius 1 is 1.11 bits per heavy atom. The Morgan fingerprint density at radius 2 is 1.79 bits per heavy atom. The Bertz CT molecular complexity index is 819. The summed E-state index contributed by atoms with van der Waals surface area (Å²) in [6.45, 7) is 4.43. The van der Waals surface area contributed by atoms with Crippen LogP contribution in [0.25, 0.3) is 0 Å². The van der Waals surface area contributed by atoms with E-state index in [4.69, 9.17) is 9.47 Å². The molecule has 1 amide bonds. The number of nitrogens with one attached hydrogen (secondary N) is 3. The molecule has 7 nitrogen and oxygen atoms in total. The van der Waals surface area contributed by atoms with Crippen LogP contribution in [0.2, 0.25) is 0 Å². The van der Waals surface area contributed by atoms with E-state index < -0.39 is 0 Å². The minimum Gasteiger partial charge on any atom is -0.497 e. The van der Waals surface area contributed by atoms with Crippen LogP contribution in [0.3, 0.4) is 0 Å². The number of hydrogen-bond donors (Lipinski definition) is 3. The van der Waals surface area contributed by atoms with Gasteiger partial charge in [0.25, 0.3) is 5.91 Å². The van der Waals surface area contributed by atoms with Crippen molar-refractivity contribution in [2.75, 3.05) is 13.7 Å². The zero-order chi connectivity index (χ0) is 19.9. The molecule has 1 saturated heterocycles. The predicted octanol–water partition coefficient (Wildman–Crippen LogP) is 2.54. The fraction of sp³-hybridized carbons (Fsp3) is 0.333. The molecule has 28 heavy (non-hydrogen) atoms. The third-order valence-electron chi connectivity index (χ3n) is 4.65. The molecule has 0 radical (unpaired) electrons. The SMILES string of the molecule is CCOc1ccc(/C(C)=N/NC(=O)C2CC(c3ccc(OC)cc3)NN2)cc1. The average Bonchev–Trinajstić information content (AvgIpc) is 3.23. The summed E-state index contributed by atoms with van der Waals surface area (Å²) < 4.78 is 10.6. The van der Waals surface area contributed by atoms with Crippen molar-refractivity contribution in [1.29, 1.82) is 0 Å². The van der Waals surface area contributed by atoms with Crippen molar-refractivity contribution in [1.82, 2.24) is 16.3 Å². The van der Waals surface area contributed by atoms with Gasteiger partial charge in [-0.2, -0.15) is 5.10 Å². The van der Waals surface area contributed by atoms with E-state index >= 15 is 0 Å². The molecular weight excluding hydrogens is 356 g/mol. The Hall–Kier alpha value is -2.90. The van der Waals surface area contributed by atoms with Gasteiger partial charge in [0.2, 0.25) is 0 Å². The van der Waals surface area contributed by atoms with Crippen molar-refractivity contribution in [3.05, 3.63) is 59.7 Å². The van der Waals surface area contributed by atoms with Gasteiger partial charge in [0.15, 0.2) is 0 Å². The number of hydrogen-bond acceptors (Lipinski definition) is 6. The fourth-order valence-electron chi connectivity index (χ4n) is 3.02. The lowest BCUT2D eigenvalue weighted by molar-refractivity contribution is -0.122. The van der Waals surface area contributed by atoms with Crippen LogP contribution in [0, 0.1) is 0 Å². The lowest BCUT2D eigenvalue weighted by atomic mass is 10.0. The summed E-state index contributed by atoms with van der Waals surface area (Å²) in [5.74, 6) is 1.45. The summed E-state index contributed by atoms with van der Waals surface area (Å²) >= 11 is 0. The number of carbonyl (C=O) groups is 1. The first-order valence-electron chi connectivity index (χ1n) is 9.33. The summed E-state index contributed by atoms with van der Waals surface area (Å²) in [5, 5.41) is 4.23. The zero-order valence-corrected chi connectivity index (χ0v) is 16.4. The highest BCUT2D eigenvalue weighted by Gasteiger charge is 2.30. The first-order chi connectivity index (χ1) is 13.6. The molecule has 1 aliphatic rings. The second-order valence-corrected chi connectivity index (χ2v) is 6.53. The molecule has 0 aromatic heterocycles. The van der Waals surface area contributed by atoms with Crippen LogP contribution >= 0.6 is 0 Å². The van der Waals surface area contributed by atoms with Crippen LogP contribution < -0.4 is 25.8 Å². The van der Waals surface area contributed by atoms with Gasteiger partial charge in [0, 0.05) is 6.04 Å². The molecule has 2 atom stereocenters. The van der Waals surface area contributed by atoms with Crippen LogP contribution in [0.5, 0.6) is 11.5 Å². The monoisotopic (exact) mass is 382 g/mol. The van der Waals surface area contributed by atoms with E-state index in [0.717, 1.165) is 28.3 Å². The van der Waals surface area contributed by atoms with Gasteiger partial charge in [-0.1, -0.05) is 12.1 Å². The van der Waals surface area contributed by atoms with Gasteiger partial charge >= 0.3 is 0 Å². The molecule has 148 valence electrons. The van der Waals surface area contributed by atoms with Crippen molar-refractivity contribution in [3.63, 3.8) is 0 Å². The molecule has 0 spiro atoms. The second kappa shape index (κ2) is 9.34. The van der Waals surface area contributed by atoms with E-state index in [9.17, 15) is 4.79 Å². The molecule has 1 fully saturated rings. The number of carbonyl (C=O) groups excluding carboxylic acids is 1. The number of benzene rings is 2. The third-order valence-corrected chi connectivity index (χ3v) is 4.65. The van der Waals surface area contributed by atoms with Gasteiger partial charge in [-0.3, -0.25) is 4.79 Å². The Balaban J connectivity index is 1.55. The van der Waals surface area contributed by atoms with Gasteiger partial charge in [-0.05, 0) is 67.8 Å². The van der Waals surface area contributed by atoms with E-state index in [0.29, 0.717) is 13.0 Å². The number of ether oxygens (including phenoxy) is 2. The Labute approximate surface area is 165 Å². The number of hydrazone groups is 1. The summed E-state index contributed by atoms with van der Waals surface area (Å²) in [6, 6.07) is 15.1. The lowest BCUT2D eigenvalue weighted by Crippen LogP contribution is -2.41. The molecule has 2 aromatic rings. The first kappa shape index (κ1) is 19.9. The predicted molar refractivity (Wildman–Crippen MR) is 108 cm³/mol. The lowest BCUT2D eigenvalue weighted by Gasteiger charge is -2.10. The highest BCUT2D eigenvalue weighted by atomic mass is 16.5. The minimum absolute atomic E-state index is 0.0536. The molecule has 1 aliphatic heterocycles. The number of rotatable bonds is 7. The van der Waals surface area contributed by atoms with Crippen LogP contribution in [0.4, 0.5) is 0 Å². The topological polar surface area (TPSA) is 84.0 Å². The largest absolute Gasteiger partial charge is 0.497 e. The van der Waals surface area contributed by atoms with Gasteiger partial charge in [-0.15, -0.1) is 0 Å². The Kier molecular flexibility index (Phi) is 6.62. The second-order valence-electron chi connectivity index (χ2n) is 6.53. The molecule has 2 aromatic carbocycles.